The molecule has 1 aromatic carbocycles. The van der Waals surface area contributed by atoms with E-state index in [9.17, 15) is 0 Å². The predicted octanol–water partition coefficient (Wildman–Crippen LogP) is 3.44. The molecule has 1 unspecified atom stereocenters. The van der Waals surface area contributed by atoms with Crippen molar-refractivity contribution < 1.29 is 0 Å². The van der Waals surface area contributed by atoms with E-state index in [-0.39, 0.29) is 5.54 Å². The number of hydrogen-bond donors (Lipinski definition) is 1. The fourth-order valence-electron chi connectivity index (χ4n) is 3.18. The van der Waals surface area contributed by atoms with E-state index in [4.69, 9.17) is 0 Å². The van der Waals surface area contributed by atoms with Gasteiger partial charge in [-0.3, -0.25) is 0 Å². The third kappa shape index (κ3) is 2.06. The Morgan fingerprint density at radius 3 is 2.95 bits per heavy atom. The zero-order chi connectivity index (χ0) is 14.4. The average Bonchev–Trinajstić information content (AvgIpc) is 3.07. The lowest BCUT2D eigenvalue weighted by Crippen LogP contribution is -2.40. The second-order valence-corrected chi connectivity index (χ2v) is 6.92. The lowest BCUT2D eigenvalue weighted by atomic mass is 9.99. The van der Waals surface area contributed by atoms with Crippen molar-refractivity contribution >= 4 is 22.2 Å². The van der Waals surface area contributed by atoms with Gasteiger partial charge < -0.3 is 5.32 Å². The number of aromatic nitrogens is 2. The first-order valence-corrected chi connectivity index (χ1v) is 8.05. The van der Waals surface area contributed by atoms with Gasteiger partial charge in [0.1, 0.15) is 6.33 Å². The Labute approximate surface area is 128 Å². The number of likely N-dealkylation sites (N-methyl/N-ethyl adjacent to an activating group) is 1. The molecule has 106 valence electrons. The molecule has 0 aliphatic heterocycles. The largest absolute Gasteiger partial charge is 0.314 e. The molecule has 0 fully saturated rings. The van der Waals surface area contributed by atoms with Crippen LogP contribution in [0.5, 0.6) is 0 Å². The molecule has 1 N–H and O–H groups in total. The molecule has 0 amide bonds. The molecule has 0 saturated heterocycles. The van der Waals surface area contributed by atoms with Crippen LogP contribution in [0, 0.1) is 0 Å². The molecule has 4 heteroatoms. The van der Waals surface area contributed by atoms with Gasteiger partial charge in [0.25, 0.3) is 0 Å². The molecular weight excluding hydrogens is 278 g/mol. The SMILES string of the molecule is CNC1(C)Cc2ccc(-c3scc4cncnc34)cc2C1. The highest BCUT2D eigenvalue weighted by Crippen LogP contribution is 2.37. The summed E-state index contributed by atoms with van der Waals surface area (Å²) in [6.07, 6.45) is 5.70. The van der Waals surface area contributed by atoms with Crippen molar-refractivity contribution in [1.29, 1.82) is 0 Å². The third-order valence-corrected chi connectivity index (χ3v) is 5.53. The van der Waals surface area contributed by atoms with Crippen LogP contribution in [0.1, 0.15) is 18.1 Å². The van der Waals surface area contributed by atoms with Gasteiger partial charge in [0.15, 0.2) is 0 Å². The minimum absolute atomic E-state index is 0.195. The molecule has 1 aliphatic rings. The summed E-state index contributed by atoms with van der Waals surface area (Å²) in [5.74, 6) is 0. The number of nitrogens with zero attached hydrogens (tertiary/aromatic N) is 2. The first-order chi connectivity index (χ1) is 10.2. The molecule has 1 aliphatic carbocycles. The number of nitrogens with one attached hydrogen (secondary N) is 1. The average molecular weight is 295 g/mol. The number of hydrogen-bond acceptors (Lipinski definition) is 4. The minimum Gasteiger partial charge on any atom is -0.314 e. The molecule has 21 heavy (non-hydrogen) atoms. The Morgan fingerprint density at radius 2 is 2.10 bits per heavy atom. The topological polar surface area (TPSA) is 37.8 Å². The smallest absolute Gasteiger partial charge is 0.116 e. The molecule has 3 aromatic rings. The minimum atomic E-state index is 0.195. The molecule has 0 saturated carbocycles. The van der Waals surface area contributed by atoms with Crippen LogP contribution in [0.2, 0.25) is 0 Å². The Bertz CT molecular complexity index is 824. The molecule has 4 rings (SSSR count). The summed E-state index contributed by atoms with van der Waals surface area (Å²) in [4.78, 5) is 9.78. The maximum absolute atomic E-state index is 4.44. The van der Waals surface area contributed by atoms with Gasteiger partial charge in [0, 0.05) is 22.5 Å². The molecule has 1 atom stereocenters. The van der Waals surface area contributed by atoms with Gasteiger partial charge in [-0.2, -0.15) is 0 Å². The van der Waals surface area contributed by atoms with Gasteiger partial charge in [-0.25, -0.2) is 9.97 Å². The lowest BCUT2D eigenvalue weighted by Gasteiger charge is -2.22. The summed E-state index contributed by atoms with van der Waals surface area (Å²) in [7, 11) is 2.05. The first-order valence-electron chi connectivity index (χ1n) is 7.17. The van der Waals surface area contributed by atoms with Gasteiger partial charge in [-0.05, 0) is 49.6 Å². The van der Waals surface area contributed by atoms with Crippen molar-refractivity contribution in [2.45, 2.75) is 25.3 Å². The summed E-state index contributed by atoms with van der Waals surface area (Å²) < 4.78 is 0. The molecule has 2 aromatic heterocycles. The number of fused-ring (bicyclic) bond motifs is 2. The standard InChI is InChI=1S/C17H17N3S/c1-17(18-2)6-12-4-3-11(5-13(12)7-17)16-15-14(9-21-16)8-19-10-20-15/h3-5,8-10,18H,6-7H2,1-2H3. The summed E-state index contributed by atoms with van der Waals surface area (Å²) in [5, 5.41) is 6.71. The van der Waals surface area contributed by atoms with Crippen molar-refractivity contribution in [1.82, 2.24) is 15.3 Å². The van der Waals surface area contributed by atoms with Gasteiger partial charge >= 0.3 is 0 Å². The highest BCUT2D eigenvalue weighted by molar-refractivity contribution is 7.15. The summed E-state index contributed by atoms with van der Waals surface area (Å²) in [5.41, 5.74) is 5.45. The molecule has 2 heterocycles. The van der Waals surface area contributed by atoms with Crippen molar-refractivity contribution in [3.8, 4) is 10.4 Å². The van der Waals surface area contributed by atoms with Crippen LogP contribution >= 0.6 is 11.3 Å². The normalized spacial score (nSPS) is 20.9. The fourth-order valence-corrected chi connectivity index (χ4v) is 4.15. The van der Waals surface area contributed by atoms with E-state index in [1.54, 1.807) is 17.7 Å². The van der Waals surface area contributed by atoms with Crippen molar-refractivity contribution in [3.05, 3.63) is 47.2 Å². The quantitative estimate of drug-likeness (QED) is 0.787. The fraction of sp³-hybridized carbons (Fsp3) is 0.294. The van der Waals surface area contributed by atoms with E-state index in [2.05, 4.69) is 52.8 Å². The molecule has 3 nitrogen and oxygen atoms in total. The van der Waals surface area contributed by atoms with Crippen LogP contribution in [0.4, 0.5) is 0 Å². The van der Waals surface area contributed by atoms with Gasteiger partial charge in [-0.1, -0.05) is 12.1 Å². The van der Waals surface area contributed by atoms with E-state index in [1.807, 2.05) is 6.20 Å². The Balaban J connectivity index is 1.80. The van der Waals surface area contributed by atoms with E-state index in [0.717, 1.165) is 23.7 Å². The molecule has 0 spiro atoms. The highest BCUT2D eigenvalue weighted by atomic mass is 32.1. The van der Waals surface area contributed by atoms with Crippen molar-refractivity contribution in [3.63, 3.8) is 0 Å². The van der Waals surface area contributed by atoms with Crippen LogP contribution in [-0.2, 0) is 12.8 Å². The predicted molar refractivity (Wildman–Crippen MR) is 87.7 cm³/mol. The number of benzene rings is 1. The molecule has 0 radical (unpaired) electrons. The highest BCUT2D eigenvalue weighted by Gasteiger charge is 2.31. The zero-order valence-corrected chi connectivity index (χ0v) is 13.0. The zero-order valence-electron chi connectivity index (χ0n) is 12.2. The maximum Gasteiger partial charge on any atom is 0.116 e. The van der Waals surface area contributed by atoms with Crippen LogP contribution in [0.3, 0.4) is 0 Å². The summed E-state index contributed by atoms with van der Waals surface area (Å²) in [6, 6.07) is 6.85. The second-order valence-electron chi connectivity index (χ2n) is 6.04. The monoisotopic (exact) mass is 295 g/mol. The summed E-state index contributed by atoms with van der Waals surface area (Å²) >= 11 is 1.75. The molecule has 0 bridgehead atoms. The van der Waals surface area contributed by atoms with E-state index in [0.29, 0.717) is 0 Å². The van der Waals surface area contributed by atoms with Crippen LogP contribution in [0.25, 0.3) is 21.3 Å². The number of rotatable bonds is 2. The van der Waals surface area contributed by atoms with Crippen molar-refractivity contribution in [2.24, 2.45) is 0 Å². The van der Waals surface area contributed by atoms with Crippen LogP contribution < -0.4 is 5.32 Å². The summed E-state index contributed by atoms with van der Waals surface area (Å²) in [6.45, 7) is 2.29. The van der Waals surface area contributed by atoms with Gasteiger partial charge in [0.2, 0.25) is 0 Å². The maximum atomic E-state index is 4.44. The lowest BCUT2D eigenvalue weighted by molar-refractivity contribution is 0.406. The van der Waals surface area contributed by atoms with E-state index in [1.165, 1.54) is 21.6 Å². The molecular formula is C17H17N3S. The first kappa shape index (κ1) is 12.9. The van der Waals surface area contributed by atoms with E-state index < -0.39 is 0 Å². The second kappa shape index (κ2) is 4.61. The van der Waals surface area contributed by atoms with Gasteiger partial charge in [-0.15, -0.1) is 11.3 Å². The Hall–Kier alpha value is -1.78. The van der Waals surface area contributed by atoms with Crippen molar-refractivity contribution in [2.75, 3.05) is 7.05 Å². The van der Waals surface area contributed by atoms with Crippen LogP contribution in [0.15, 0.2) is 36.1 Å². The number of thiophene rings is 1. The van der Waals surface area contributed by atoms with E-state index >= 15 is 0 Å². The Kier molecular flexibility index (Phi) is 2.84. The van der Waals surface area contributed by atoms with Gasteiger partial charge in [0.05, 0.1) is 10.4 Å². The van der Waals surface area contributed by atoms with Crippen LogP contribution in [-0.4, -0.2) is 22.6 Å². The Morgan fingerprint density at radius 1 is 1.24 bits per heavy atom. The third-order valence-electron chi connectivity index (χ3n) is 4.49.